The van der Waals surface area contributed by atoms with E-state index < -0.39 is 0 Å². The van der Waals surface area contributed by atoms with E-state index in [1.807, 2.05) is 30.3 Å². The number of unbranched alkanes of at least 4 members (excludes halogenated alkanes) is 1. The van der Waals surface area contributed by atoms with Crippen molar-refractivity contribution in [1.82, 2.24) is 9.97 Å². The highest BCUT2D eigenvalue weighted by Gasteiger charge is 2.09. The summed E-state index contributed by atoms with van der Waals surface area (Å²) in [5.41, 5.74) is 2.17. The Balaban J connectivity index is 2.27. The standard InChI is InChI=1S/C15H15N3OS/c1-11-13(12-7-3-2-4-8-12)17-15(18-14(11)19)20-10-6-5-9-16/h2-4,7-8H,5-6,10H2,1H3,(H,17,18,19). The highest BCUT2D eigenvalue weighted by molar-refractivity contribution is 7.99. The van der Waals surface area contributed by atoms with Crippen molar-refractivity contribution in [2.45, 2.75) is 24.9 Å². The second kappa shape index (κ2) is 6.92. The first-order valence-electron chi connectivity index (χ1n) is 6.38. The molecule has 5 heteroatoms. The summed E-state index contributed by atoms with van der Waals surface area (Å²) in [7, 11) is 0. The minimum atomic E-state index is -0.110. The van der Waals surface area contributed by atoms with Crippen molar-refractivity contribution in [3.8, 4) is 17.3 Å². The van der Waals surface area contributed by atoms with Gasteiger partial charge in [0.15, 0.2) is 5.16 Å². The van der Waals surface area contributed by atoms with Gasteiger partial charge in [-0.25, -0.2) is 4.98 Å². The van der Waals surface area contributed by atoms with Gasteiger partial charge in [-0.3, -0.25) is 4.79 Å². The van der Waals surface area contributed by atoms with Crippen LogP contribution in [0.5, 0.6) is 0 Å². The zero-order valence-electron chi connectivity index (χ0n) is 11.2. The molecule has 0 bridgehead atoms. The molecule has 102 valence electrons. The number of nitrogens with one attached hydrogen (secondary N) is 1. The van der Waals surface area contributed by atoms with Gasteiger partial charge in [0.25, 0.3) is 5.56 Å². The van der Waals surface area contributed by atoms with E-state index in [0.717, 1.165) is 23.4 Å². The third-order valence-corrected chi connectivity index (χ3v) is 3.81. The minimum Gasteiger partial charge on any atom is -0.301 e. The van der Waals surface area contributed by atoms with Crippen LogP contribution in [0.1, 0.15) is 18.4 Å². The smallest absolute Gasteiger partial charge is 0.255 e. The van der Waals surface area contributed by atoms with Gasteiger partial charge in [-0.1, -0.05) is 42.1 Å². The molecule has 0 aliphatic rings. The number of benzene rings is 1. The van der Waals surface area contributed by atoms with Crippen LogP contribution < -0.4 is 5.56 Å². The molecular weight excluding hydrogens is 270 g/mol. The molecule has 1 N–H and O–H groups in total. The van der Waals surface area contributed by atoms with Gasteiger partial charge in [0.2, 0.25) is 0 Å². The average molecular weight is 285 g/mol. The number of nitriles is 1. The lowest BCUT2D eigenvalue weighted by Crippen LogP contribution is -2.14. The van der Waals surface area contributed by atoms with Crippen LogP contribution in [0, 0.1) is 18.3 Å². The molecule has 1 heterocycles. The number of nitrogens with zero attached hydrogens (tertiary/aromatic N) is 2. The third kappa shape index (κ3) is 3.49. The highest BCUT2D eigenvalue weighted by Crippen LogP contribution is 2.21. The van der Waals surface area contributed by atoms with E-state index >= 15 is 0 Å². The van der Waals surface area contributed by atoms with Crippen molar-refractivity contribution < 1.29 is 0 Å². The van der Waals surface area contributed by atoms with Crippen LogP contribution in [-0.2, 0) is 0 Å². The minimum absolute atomic E-state index is 0.110. The lowest BCUT2D eigenvalue weighted by atomic mass is 10.1. The Morgan fingerprint density at radius 2 is 2.10 bits per heavy atom. The molecule has 0 saturated heterocycles. The molecule has 1 aromatic heterocycles. The Kier molecular flexibility index (Phi) is 4.97. The third-order valence-electron chi connectivity index (χ3n) is 2.85. The monoisotopic (exact) mass is 285 g/mol. The van der Waals surface area contributed by atoms with Gasteiger partial charge < -0.3 is 4.98 Å². The van der Waals surface area contributed by atoms with E-state index in [2.05, 4.69) is 16.0 Å². The van der Waals surface area contributed by atoms with Crippen molar-refractivity contribution in [3.63, 3.8) is 0 Å². The van der Waals surface area contributed by atoms with Crippen molar-refractivity contribution in [2.24, 2.45) is 0 Å². The summed E-state index contributed by atoms with van der Waals surface area (Å²) in [6.07, 6.45) is 1.31. The fraction of sp³-hybridized carbons (Fsp3) is 0.267. The summed E-state index contributed by atoms with van der Waals surface area (Å²) in [4.78, 5) is 19.3. The SMILES string of the molecule is Cc1c(-c2ccccc2)nc(SCCCC#N)[nH]c1=O. The molecule has 20 heavy (non-hydrogen) atoms. The van der Waals surface area contributed by atoms with Gasteiger partial charge in [-0.2, -0.15) is 5.26 Å². The first kappa shape index (κ1) is 14.4. The van der Waals surface area contributed by atoms with E-state index in [4.69, 9.17) is 5.26 Å². The average Bonchev–Trinajstić information content (AvgIpc) is 2.48. The number of H-pyrrole nitrogens is 1. The molecule has 2 rings (SSSR count). The Morgan fingerprint density at radius 3 is 2.80 bits per heavy atom. The van der Waals surface area contributed by atoms with Gasteiger partial charge in [0.1, 0.15) is 0 Å². The Morgan fingerprint density at radius 1 is 1.35 bits per heavy atom. The predicted molar refractivity (Wildman–Crippen MR) is 80.6 cm³/mol. The molecule has 4 nitrogen and oxygen atoms in total. The zero-order chi connectivity index (χ0) is 14.4. The first-order valence-corrected chi connectivity index (χ1v) is 7.37. The number of hydrogen-bond donors (Lipinski definition) is 1. The van der Waals surface area contributed by atoms with E-state index in [1.165, 1.54) is 11.8 Å². The van der Waals surface area contributed by atoms with Gasteiger partial charge in [-0.05, 0) is 13.3 Å². The molecule has 1 aromatic carbocycles. The van der Waals surface area contributed by atoms with Gasteiger partial charge in [0, 0.05) is 23.3 Å². The van der Waals surface area contributed by atoms with Crippen molar-refractivity contribution >= 4 is 11.8 Å². The van der Waals surface area contributed by atoms with Crippen molar-refractivity contribution in [1.29, 1.82) is 5.26 Å². The van der Waals surface area contributed by atoms with Gasteiger partial charge in [0.05, 0.1) is 11.8 Å². The number of aromatic nitrogens is 2. The number of rotatable bonds is 5. The molecule has 0 spiro atoms. The Bertz CT molecular complexity index is 674. The normalized spacial score (nSPS) is 10.2. The largest absolute Gasteiger partial charge is 0.301 e. The lowest BCUT2D eigenvalue weighted by Gasteiger charge is -2.07. The maximum atomic E-state index is 12.0. The fourth-order valence-electron chi connectivity index (χ4n) is 1.78. The molecule has 0 aliphatic carbocycles. The summed E-state index contributed by atoms with van der Waals surface area (Å²) < 4.78 is 0. The van der Waals surface area contributed by atoms with Gasteiger partial charge >= 0.3 is 0 Å². The molecule has 0 amide bonds. The molecule has 0 saturated carbocycles. The van der Waals surface area contributed by atoms with Crippen LogP contribution in [-0.4, -0.2) is 15.7 Å². The molecule has 0 fully saturated rings. The first-order chi connectivity index (χ1) is 9.72. The van der Waals surface area contributed by atoms with Crippen LogP contribution in [0.3, 0.4) is 0 Å². The summed E-state index contributed by atoms with van der Waals surface area (Å²) in [6.45, 7) is 1.78. The number of aromatic amines is 1. The van der Waals surface area contributed by atoms with Crippen LogP contribution in [0.25, 0.3) is 11.3 Å². The van der Waals surface area contributed by atoms with Crippen molar-refractivity contribution in [3.05, 3.63) is 46.2 Å². The van der Waals surface area contributed by atoms with Crippen LogP contribution in [0.2, 0.25) is 0 Å². The fourth-order valence-corrected chi connectivity index (χ4v) is 2.58. The molecule has 0 unspecified atom stereocenters. The summed E-state index contributed by atoms with van der Waals surface area (Å²) in [5.74, 6) is 0.772. The Hall–Kier alpha value is -2.06. The van der Waals surface area contributed by atoms with Crippen LogP contribution in [0.15, 0.2) is 40.3 Å². The summed E-state index contributed by atoms with van der Waals surface area (Å²) in [6, 6.07) is 11.8. The van der Waals surface area contributed by atoms with Crippen LogP contribution >= 0.6 is 11.8 Å². The van der Waals surface area contributed by atoms with E-state index in [-0.39, 0.29) is 5.56 Å². The molecular formula is C15H15N3OS. The second-order valence-corrected chi connectivity index (χ2v) is 5.40. The molecule has 2 aromatic rings. The van der Waals surface area contributed by atoms with E-state index in [1.54, 1.807) is 6.92 Å². The highest BCUT2D eigenvalue weighted by atomic mass is 32.2. The quantitative estimate of drug-likeness (QED) is 0.520. The maximum Gasteiger partial charge on any atom is 0.255 e. The molecule has 0 atom stereocenters. The van der Waals surface area contributed by atoms with Crippen molar-refractivity contribution in [2.75, 3.05) is 5.75 Å². The predicted octanol–water partition coefficient (Wildman–Crippen LogP) is 3.14. The lowest BCUT2D eigenvalue weighted by molar-refractivity contribution is 0.914. The maximum absolute atomic E-state index is 12.0. The molecule has 0 radical (unpaired) electrons. The number of thioether (sulfide) groups is 1. The summed E-state index contributed by atoms with van der Waals surface area (Å²) >= 11 is 1.47. The summed E-state index contributed by atoms with van der Waals surface area (Å²) in [5, 5.41) is 9.11. The van der Waals surface area contributed by atoms with Crippen LogP contribution in [0.4, 0.5) is 0 Å². The van der Waals surface area contributed by atoms with E-state index in [0.29, 0.717) is 17.1 Å². The Labute approximate surface area is 121 Å². The van der Waals surface area contributed by atoms with Gasteiger partial charge in [-0.15, -0.1) is 0 Å². The number of hydrogen-bond acceptors (Lipinski definition) is 4. The molecule has 0 aliphatic heterocycles. The topological polar surface area (TPSA) is 69.5 Å². The zero-order valence-corrected chi connectivity index (χ0v) is 12.0. The second-order valence-electron chi connectivity index (χ2n) is 4.32. The van der Waals surface area contributed by atoms with E-state index in [9.17, 15) is 4.79 Å².